The summed E-state index contributed by atoms with van der Waals surface area (Å²) in [5, 5.41) is 3.67. The number of carbonyl (C=O) groups excluding carboxylic acids is 4. The van der Waals surface area contributed by atoms with Crippen LogP contribution >= 0.6 is 0 Å². The number of allylic oxidation sites excluding steroid dienone is 1. The van der Waals surface area contributed by atoms with Crippen LogP contribution in [0.5, 0.6) is 0 Å². The lowest BCUT2D eigenvalue weighted by Crippen LogP contribution is -2.68. The van der Waals surface area contributed by atoms with Gasteiger partial charge in [-0.25, -0.2) is 0 Å². The van der Waals surface area contributed by atoms with Crippen LogP contribution in [0.25, 0.3) is 0 Å². The van der Waals surface area contributed by atoms with Gasteiger partial charge in [0.05, 0.1) is 17.3 Å². The molecule has 14 atom stereocenters. The average molecular weight is 859 g/mol. The van der Waals surface area contributed by atoms with Gasteiger partial charge in [0.25, 0.3) is 0 Å². The third-order valence-corrected chi connectivity index (χ3v) is 21.5. The molecule has 1 saturated heterocycles. The van der Waals surface area contributed by atoms with Crippen LogP contribution in [0.2, 0.25) is 0 Å². The van der Waals surface area contributed by atoms with Crippen molar-refractivity contribution in [3.63, 3.8) is 0 Å². The molecule has 0 spiro atoms. The third-order valence-electron chi connectivity index (χ3n) is 21.5. The monoisotopic (exact) mass is 859 g/mol. The molecular weight excluding hydrogens is 773 g/mol. The average Bonchev–Trinajstić information content (AvgIpc) is 3.58. The highest BCUT2D eigenvalue weighted by Gasteiger charge is 2.72. The van der Waals surface area contributed by atoms with Crippen LogP contribution in [0, 0.1) is 85.2 Å². The molecule has 8 fully saturated rings. The molecule has 62 heavy (non-hydrogen) atoms. The molecule has 8 nitrogen and oxygen atoms in total. The number of ether oxygens (including phenoxy) is 2. The summed E-state index contributed by atoms with van der Waals surface area (Å²) in [5.41, 5.74) is -0.271. The van der Waals surface area contributed by atoms with Crippen molar-refractivity contribution >= 4 is 23.8 Å². The predicted octanol–water partition coefficient (Wildman–Crippen LogP) is 11.1. The number of carbonyl (C=O) groups is 4. The summed E-state index contributed by atoms with van der Waals surface area (Å²) in [6.07, 6.45) is 15.0. The van der Waals surface area contributed by atoms with Crippen LogP contribution in [-0.2, 0) is 28.7 Å². The van der Waals surface area contributed by atoms with E-state index in [1.165, 1.54) is 18.4 Å². The molecule has 8 rings (SSSR count). The molecule has 0 aromatic rings. The first kappa shape index (κ1) is 46.2. The maximum absolute atomic E-state index is 15.1. The molecule has 7 aliphatic carbocycles. The van der Waals surface area contributed by atoms with Gasteiger partial charge in [-0.1, -0.05) is 74.5 Å². The topological polar surface area (TPSA) is 102 Å². The van der Waals surface area contributed by atoms with Crippen molar-refractivity contribution < 1.29 is 28.7 Å². The second-order valence-corrected chi connectivity index (χ2v) is 26.3. The lowest BCUT2D eigenvalue weighted by molar-refractivity contribution is -0.251. The van der Waals surface area contributed by atoms with Crippen molar-refractivity contribution in [2.24, 2.45) is 85.2 Å². The second kappa shape index (κ2) is 15.1. The van der Waals surface area contributed by atoms with Gasteiger partial charge in [0.15, 0.2) is 0 Å². The Balaban J connectivity index is 0.975. The van der Waals surface area contributed by atoms with E-state index in [9.17, 15) is 14.4 Å². The van der Waals surface area contributed by atoms with E-state index in [4.69, 9.17) is 9.47 Å². The summed E-state index contributed by atoms with van der Waals surface area (Å²) in [4.78, 5) is 57.9. The van der Waals surface area contributed by atoms with Crippen LogP contribution in [-0.4, -0.2) is 59.5 Å². The van der Waals surface area contributed by atoms with Gasteiger partial charge in [0.2, 0.25) is 11.8 Å². The molecule has 1 heterocycles. The predicted molar refractivity (Wildman–Crippen MR) is 244 cm³/mol. The maximum atomic E-state index is 15.1. The fourth-order valence-electron chi connectivity index (χ4n) is 17.3. The Morgan fingerprint density at radius 3 is 1.94 bits per heavy atom. The molecule has 348 valence electrons. The molecule has 8 heteroatoms. The fraction of sp³-hybridized carbons (Fsp3) is 0.889. The summed E-state index contributed by atoms with van der Waals surface area (Å²) in [7, 11) is 0. The molecule has 2 amide bonds. The van der Waals surface area contributed by atoms with Gasteiger partial charge in [0.1, 0.15) is 11.7 Å². The highest BCUT2D eigenvalue weighted by atomic mass is 16.6. The summed E-state index contributed by atoms with van der Waals surface area (Å²) in [6, 6.07) is 0.0246. The molecule has 0 aromatic heterocycles. The van der Waals surface area contributed by atoms with E-state index in [1.54, 1.807) is 0 Å². The minimum Gasteiger partial charge on any atom is -0.462 e. The largest absolute Gasteiger partial charge is 0.462 e. The molecule has 0 radical (unpaired) electrons. The number of esters is 2. The van der Waals surface area contributed by atoms with E-state index in [0.29, 0.717) is 36.0 Å². The zero-order chi connectivity index (χ0) is 45.4. The smallest absolute Gasteiger partial charge is 0.310 e. The first-order valence-corrected chi connectivity index (χ1v) is 25.4. The maximum Gasteiger partial charge on any atom is 0.310 e. The van der Waals surface area contributed by atoms with E-state index in [1.807, 2.05) is 34.6 Å². The molecule has 3 unspecified atom stereocenters. The van der Waals surface area contributed by atoms with Crippen molar-refractivity contribution in [1.29, 1.82) is 0 Å². The van der Waals surface area contributed by atoms with E-state index in [2.05, 4.69) is 72.2 Å². The highest BCUT2D eigenvalue weighted by molar-refractivity contribution is 5.86. The van der Waals surface area contributed by atoms with Crippen molar-refractivity contribution in [2.45, 2.75) is 204 Å². The second-order valence-electron chi connectivity index (χ2n) is 26.3. The van der Waals surface area contributed by atoms with Crippen LogP contribution < -0.4 is 5.32 Å². The van der Waals surface area contributed by atoms with Crippen molar-refractivity contribution in [1.82, 2.24) is 10.2 Å². The van der Waals surface area contributed by atoms with Crippen LogP contribution in [0.1, 0.15) is 186 Å². The van der Waals surface area contributed by atoms with E-state index < -0.39 is 11.0 Å². The van der Waals surface area contributed by atoms with Gasteiger partial charge in [-0.15, -0.1) is 0 Å². The van der Waals surface area contributed by atoms with Crippen LogP contribution in [0.3, 0.4) is 0 Å². The van der Waals surface area contributed by atoms with E-state index >= 15 is 4.79 Å². The van der Waals surface area contributed by atoms with Crippen molar-refractivity contribution in [2.75, 3.05) is 13.1 Å². The molecule has 8 aliphatic rings. The van der Waals surface area contributed by atoms with Crippen molar-refractivity contribution in [3.8, 4) is 0 Å². The number of rotatable bonds is 7. The number of amides is 2. The number of hydrogen-bond acceptors (Lipinski definition) is 6. The molecule has 7 saturated carbocycles. The van der Waals surface area contributed by atoms with Gasteiger partial charge in [-0.3, -0.25) is 19.2 Å². The van der Waals surface area contributed by atoms with Gasteiger partial charge >= 0.3 is 11.9 Å². The molecule has 0 bridgehead atoms. The summed E-state index contributed by atoms with van der Waals surface area (Å²) < 4.78 is 12.3. The number of hydrogen-bond donors (Lipinski definition) is 1. The quantitative estimate of drug-likeness (QED) is 0.202. The summed E-state index contributed by atoms with van der Waals surface area (Å²) in [5.74, 6) is 1.66. The standard InChI is InChI=1S/C54H86N2O6/c1-32(2)33-20-25-54(46(60)55-40-31-35(49(40,8)9)43(57)56-28-16-15-17-29-56)27-26-52(13)34(42(33)54)18-19-39-51(12)23-22-41(50(10,11)38(51)21-24-53(39,52)14)61-44(58)36-30-37(48(36,6)7)45(59)62-47(3,4)5/h33-42H,1,15-31H2,2-14H3,(H,55,60)/t33-,34+,35?,36?,37?,38-,39+,40+,41-,42+,51-,52+,53+,54-/m0/s1. The van der Waals surface area contributed by atoms with Gasteiger partial charge in [0, 0.05) is 30.5 Å². The van der Waals surface area contributed by atoms with Crippen molar-refractivity contribution in [3.05, 3.63) is 12.2 Å². The number of fused-ring (bicyclic) bond motifs is 7. The summed E-state index contributed by atoms with van der Waals surface area (Å²) in [6.45, 7) is 35.3. The molecule has 1 aliphatic heterocycles. The Bertz CT molecular complexity index is 1840. The number of nitrogens with zero attached hydrogens (tertiary/aromatic N) is 1. The fourth-order valence-corrected chi connectivity index (χ4v) is 17.3. The van der Waals surface area contributed by atoms with Crippen LogP contribution in [0.4, 0.5) is 0 Å². The zero-order valence-electron chi connectivity index (χ0n) is 41.4. The molecule has 1 N–H and O–H groups in total. The first-order valence-electron chi connectivity index (χ1n) is 25.4. The summed E-state index contributed by atoms with van der Waals surface area (Å²) >= 11 is 0. The number of likely N-dealkylation sites (tertiary alicyclic amines) is 1. The Labute approximate surface area is 376 Å². The Morgan fingerprint density at radius 2 is 1.32 bits per heavy atom. The lowest BCUT2D eigenvalue weighted by Gasteiger charge is -2.73. The first-order chi connectivity index (χ1) is 28.7. The number of piperidine rings is 1. The SMILES string of the molecule is C=C(C)[C@@H]1CC[C@]2(C(=O)N[C@@H]3CC(C(=O)N4CCCCC4)C3(C)C)CC[C@]3(C)[C@H](CC[C@@H]4[C@@]5(C)CC[C@H](OC(=O)C6CC(C(=O)OC(C)(C)C)C6(C)C)C(C)(C)[C@@H]5CC[C@]43C)[C@@H]12. The van der Waals surface area contributed by atoms with Gasteiger partial charge in [-0.05, 0) is 181 Å². The number of nitrogens with one attached hydrogen (secondary N) is 1. The Kier molecular flexibility index (Phi) is 11.2. The normalized spacial score (nSPS) is 45.0. The minimum absolute atomic E-state index is 0.0205. The molecule has 0 aromatic carbocycles. The minimum atomic E-state index is -0.556. The van der Waals surface area contributed by atoms with Gasteiger partial charge in [-0.2, -0.15) is 0 Å². The van der Waals surface area contributed by atoms with E-state index in [0.717, 1.165) is 90.1 Å². The zero-order valence-corrected chi connectivity index (χ0v) is 41.4. The third kappa shape index (κ3) is 6.73. The van der Waals surface area contributed by atoms with Gasteiger partial charge < -0.3 is 19.7 Å². The Hall–Kier alpha value is -2.38. The lowest BCUT2D eigenvalue weighted by atomic mass is 9.32. The molecular formula is C54H86N2O6. The Morgan fingerprint density at radius 1 is 0.661 bits per heavy atom. The highest BCUT2D eigenvalue weighted by Crippen LogP contribution is 2.78. The van der Waals surface area contributed by atoms with E-state index in [-0.39, 0.29) is 86.2 Å². The van der Waals surface area contributed by atoms with Crippen LogP contribution in [0.15, 0.2) is 12.2 Å².